The summed E-state index contributed by atoms with van der Waals surface area (Å²) >= 11 is 0. The van der Waals surface area contributed by atoms with Crippen molar-refractivity contribution in [2.75, 3.05) is 0 Å². The third kappa shape index (κ3) is 1.34. The first-order chi connectivity index (χ1) is 8.14. The molecular formula is C13H14O4. The highest BCUT2D eigenvalue weighted by Gasteiger charge is 2.56. The highest BCUT2D eigenvalue weighted by atomic mass is 16.5. The molecule has 1 aromatic rings. The van der Waals surface area contributed by atoms with Gasteiger partial charge in [-0.2, -0.15) is 0 Å². The summed E-state index contributed by atoms with van der Waals surface area (Å²) in [6.45, 7) is 0. The third-order valence-corrected chi connectivity index (χ3v) is 3.71. The summed E-state index contributed by atoms with van der Waals surface area (Å²) in [6, 6.07) is 6.98. The minimum Gasteiger partial charge on any atom is -0.486 e. The van der Waals surface area contributed by atoms with E-state index in [2.05, 4.69) is 0 Å². The summed E-state index contributed by atoms with van der Waals surface area (Å²) in [6.07, 6.45) is -0.233. The SMILES string of the molecule is O=C1CCC[C@H]2Oc3ccccc3C(O)[C@@]12O. The second kappa shape index (κ2) is 3.55. The molecule has 1 aliphatic heterocycles. The first kappa shape index (κ1) is 10.7. The summed E-state index contributed by atoms with van der Waals surface area (Å²) in [7, 11) is 0. The van der Waals surface area contributed by atoms with Gasteiger partial charge in [0.2, 0.25) is 0 Å². The molecule has 1 aromatic carbocycles. The van der Waals surface area contributed by atoms with Gasteiger partial charge in [-0.15, -0.1) is 0 Å². The number of aliphatic hydroxyl groups is 2. The summed E-state index contributed by atoms with van der Waals surface area (Å²) in [5, 5.41) is 20.7. The van der Waals surface area contributed by atoms with Crippen molar-refractivity contribution in [1.82, 2.24) is 0 Å². The zero-order valence-corrected chi connectivity index (χ0v) is 9.30. The number of carbonyl (C=O) groups excluding carboxylic acids is 1. The maximum absolute atomic E-state index is 11.9. The average Bonchev–Trinajstić information content (AvgIpc) is 2.34. The van der Waals surface area contributed by atoms with Crippen molar-refractivity contribution in [3.63, 3.8) is 0 Å². The fraction of sp³-hybridized carbons (Fsp3) is 0.462. The zero-order chi connectivity index (χ0) is 12.0. The molecule has 0 bridgehead atoms. The van der Waals surface area contributed by atoms with Gasteiger partial charge < -0.3 is 14.9 Å². The number of fused-ring (bicyclic) bond motifs is 2. The number of Topliss-reactive ketones (excluding diaryl/α,β-unsaturated/α-hetero) is 1. The van der Waals surface area contributed by atoms with E-state index >= 15 is 0 Å². The highest BCUT2D eigenvalue weighted by molar-refractivity contribution is 5.90. The molecule has 4 heteroatoms. The van der Waals surface area contributed by atoms with Crippen molar-refractivity contribution in [1.29, 1.82) is 0 Å². The van der Waals surface area contributed by atoms with Gasteiger partial charge in [0.05, 0.1) is 0 Å². The van der Waals surface area contributed by atoms with Crippen LogP contribution in [0.4, 0.5) is 0 Å². The summed E-state index contributed by atoms with van der Waals surface area (Å²) in [4.78, 5) is 11.9. The molecule has 17 heavy (non-hydrogen) atoms. The lowest BCUT2D eigenvalue weighted by molar-refractivity contribution is -0.183. The van der Waals surface area contributed by atoms with Crippen LogP contribution in [0.15, 0.2) is 24.3 Å². The summed E-state index contributed by atoms with van der Waals surface area (Å²) in [5.74, 6) is 0.236. The predicted molar refractivity (Wildman–Crippen MR) is 59.6 cm³/mol. The normalized spacial score (nSPS) is 35.8. The molecule has 1 heterocycles. The van der Waals surface area contributed by atoms with E-state index in [0.717, 1.165) is 0 Å². The van der Waals surface area contributed by atoms with Gasteiger partial charge in [0.25, 0.3) is 0 Å². The number of carbonyl (C=O) groups is 1. The number of ketones is 1. The molecule has 90 valence electrons. The number of aliphatic hydroxyl groups excluding tert-OH is 1. The van der Waals surface area contributed by atoms with Crippen LogP contribution in [0.1, 0.15) is 30.9 Å². The quantitative estimate of drug-likeness (QED) is 0.701. The molecule has 1 aliphatic carbocycles. The van der Waals surface area contributed by atoms with Gasteiger partial charge in [-0.3, -0.25) is 4.79 Å². The van der Waals surface area contributed by atoms with Gasteiger partial charge in [0.15, 0.2) is 11.4 Å². The van der Waals surface area contributed by atoms with Crippen LogP contribution in [0.25, 0.3) is 0 Å². The van der Waals surface area contributed by atoms with Gasteiger partial charge >= 0.3 is 0 Å². The van der Waals surface area contributed by atoms with Crippen molar-refractivity contribution in [2.45, 2.75) is 37.1 Å². The van der Waals surface area contributed by atoms with Gasteiger partial charge in [0, 0.05) is 12.0 Å². The van der Waals surface area contributed by atoms with E-state index in [0.29, 0.717) is 30.6 Å². The number of hydrogen-bond acceptors (Lipinski definition) is 4. The molecular weight excluding hydrogens is 220 g/mol. The van der Waals surface area contributed by atoms with Gasteiger partial charge in [0.1, 0.15) is 18.0 Å². The monoisotopic (exact) mass is 234 g/mol. The molecule has 1 unspecified atom stereocenters. The van der Waals surface area contributed by atoms with E-state index in [1.165, 1.54) is 0 Å². The molecule has 1 saturated carbocycles. The van der Waals surface area contributed by atoms with Crippen LogP contribution in [0.2, 0.25) is 0 Å². The van der Waals surface area contributed by atoms with Crippen LogP contribution < -0.4 is 4.74 Å². The molecule has 2 aliphatic rings. The van der Waals surface area contributed by atoms with Crippen molar-refractivity contribution in [3.8, 4) is 5.75 Å². The number of rotatable bonds is 0. The molecule has 4 nitrogen and oxygen atoms in total. The van der Waals surface area contributed by atoms with Gasteiger partial charge in [-0.1, -0.05) is 18.2 Å². The first-order valence-electron chi connectivity index (χ1n) is 5.83. The Kier molecular flexibility index (Phi) is 2.24. The molecule has 3 rings (SSSR count). The van der Waals surface area contributed by atoms with E-state index < -0.39 is 17.8 Å². The molecule has 0 amide bonds. The van der Waals surface area contributed by atoms with E-state index in [4.69, 9.17) is 4.74 Å². The Bertz CT molecular complexity index is 470. The highest BCUT2D eigenvalue weighted by Crippen LogP contribution is 2.45. The van der Waals surface area contributed by atoms with Crippen LogP contribution in [0.3, 0.4) is 0 Å². The maximum atomic E-state index is 11.9. The second-order valence-electron chi connectivity index (χ2n) is 4.69. The zero-order valence-electron chi connectivity index (χ0n) is 9.30. The molecule has 3 atom stereocenters. The standard InChI is InChI=1S/C13H14O4/c14-10-6-3-7-11-13(10,16)12(15)8-4-1-2-5-9(8)17-11/h1-2,4-5,11-12,15-16H,3,6-7H2/t11-,12?,13-/m1/s1. The number of hydrogen-bond donors (Lipinski definition) is 2. The fourth-order valence-electron chi connectivity index (χ4n) is 2.73. The Morgan fingerprint density at radius 1 is 1.35 bits per heavy atom. The molecule has 0 radical (unpaired) electrons. The lowest BCUT2D eigenvalue weighted by atomic mass is 9.73. The molecule has 2 N–H and O–H groups in total. The molecule has 0 spiro atoms. The molecule has 0 saturated heterocycles. The van der Waals surface area contributed by atoms with Crippen LogP contribution >= 0.6 is 0 Å². The number of benzene rings is 1. The smallest absolute Gasteiger partial charge is 0.190 e. The first-order valence-corrected chi connectivity index (χ1v) is 5.83. The Balaban J connectivity index is 2.11. The average molecular weight is 234 g/mol. The Labute approximate surface area is 98.8 Å². The van der Waals surface area contributed by atoms with Gasteiger partial charge in [-0.05, 0) is 18.9 Å². The maximum Gasteiger partial charge on any atom is 0.190 e. The summed E-state index contributed by atoms with van der Waals surface area (Å²) in [5.41, 5.74) is -1.28. The lowest BCUT2D eigenvalue weighted by Gasteiger charge is -2.45. The minimum absolute atomic E-state index is 0.301. The van der Waals surface area contributed by atoms with Crippen molar-refractivity contribution < 1.29 is 19.7 Å². The van der Waals surface area contributed by atoms with E-state index in [9.17, 15) is 15.0 Å². The van der Waals surface area contributed by atoms with Crippen LogP contribution in [-0.4, -0.2) is 27.7 Å². The van der Waals surface area contributed by atoms with E-state index in [1.807, 2.05) is 0 Å². The predicted octanol–water partition coefficient (Wildman–Crippen LogP) is 0.965. The van der Waals surface area contributed by atoms with Crippen molar-refractivity contribution in [2.24, 2.45) is 0 Å². The van der Waals surface area contributed by atoms with Crippen molar-refractivity contribution >= 4 is 5.78 Å². The Hall–Kier alpha value is -1.39. The Morgan fingerprint density at radius 2 is 2.12 bits per heavy atom. The van der Waals surface area contributed by atoms with Crippen LogP contribution in [0.5, 0.6) is 5.75 Å². The molecule has 1 fully saturated rings. The van der Waals surface area contributed by atoms with Crippen molar-refractivity contribution in [3.05, 3.63) is 29.8 Å². The van der Waals surface area contributed by atoms with E-state index in [1.54, 1.807) is 24.3 Å². The number of para-hydroxylation sites is 1. The Morgan fingerprint density at radius 3 is 2.94 bits per heavy atom. The van der Waals surface area contributed by atoms with Crippen LogP contribution in [-0.2, 0) is 4.79 Å². The largest absolute Gasteiger partial charge is 0.486 e. The lowest BCUT2D eigenvalue weighted by Crippen LogP contribution is -2.60. The third-order valence-electron chi connectivity index (χ3n) is 3.71. The molecule has 0 aromatic heterocycles. The second-order valence-corrected chi connectivity index (χ2v) is 4.69. The fourth-order valence-corrected chi connectivity index (χ4v) is 2.73. The topological polar surface area (TPSA) is 66.8 Å². The summed E-state index contributed by atoms with van der Waals surface area (Å²) < 4.78 is 5.65. The van der Waals surface area contributed by atoms with Crippen LogP contribution in [0, 0.1) is 0 Å². The van der Waals surface area contributed by atoms with E-state index in [-0.39, 0.29) is 5.78 Å². The van der Waals surface area contributed by atoms with Gasteiger partial charge in [-0.25, -0.2) is 0 Å². The number of ether oxygens (including phenoxy) is 1. The minimum atomic E-state index is -1.77.